The van der Waals surface area contributed by atoms with Gasteiger partial charge in [0.05, 0.1) is 17.3 Å². The molecule has 0 aliphatic rings. The van der Waals surface area contributed by atoms with E-state index in [2.05, 4.69) is 15.7 Å². The number of nitrogens with one attached hydrogen (secondary N) is 3. The van der Waals surface area contributed by atoms with E-state index in [1.54, 1.807) is 48.5 Å². The van der Waals surface area contributed by atoms with Gasteiger partial charge in [0.1, 0.15) is 0 Å². The van der Waals surface area contributed by atoms with Crippen molar-refractivity contribution < 1.29 is 9.59 Å². The van der Waals surface area contributed by atoms with Crippen LogP contribution in [0.4, 0.5) is 10.5 Å². The number of H-pyrrole nitrogens is 1. The molecule has 3 rings (SSSR count). The number of aromatic nitrogens is 2. The summed E-state index contributed by atoms with van der Waals surface area (Å²) in [5.41, 5.74) is 5.71. The third kappa shape index (κ3) is 4.44. The second kappa shape index (κ2) is 8.21. The molecule has 1 aromatic heterocycles. The summed E-state index contributed by atoms with van der Waals surface area (Å²) in [7, 11) is 0. The van der Waals surface area contributed by atoms with E-state index in [-0.39, 0.29) is 30.0 Å². The van der Waals surface area contributed by atoms with Gasteiger partial charge in [0.25, 0.3) is 11.1 Å². The highest BCUT2D eigenvalue weighted by Gasteiger charge is 2.08. The quantitative estimate of drug-likeness (QED) is 0.503. The molecule has 1 heterocycles. The number of primary amides is 1. The monoisotopic (exact) mass is 381 g/mol. The Morgan fingerprint density at radius 3 is 2.36 bits per heavy atom. The normalized spacial score (nSPS) is 10.6. The Balaban J connectivity index is 1.58. The maximum Gasteiger partial charge on any atom is 0.316 e. The van der Waals surface area contributed by atoms with Gasteiger partial charge in [-0.2, -0.15) is 0 Å². The van der Waals surface area contributed by atoms with Crippen LogP contribution in [-0.2, 0) is 17.9 Å². The van der Waals surface area contributed by atoms with Gasteiger partial charge in [0, 0.05) is 18.7 Å². The average molecular weight is 381 g/mol. The predicted octanol–water partition coefficient (Wildman–Crippen LogP) is 0.887. The van der Waals surface area contributed by atoms with Gasteiger partial charge in [-0.1, -0.05) is 24.3 Å². The zero-order valence-corrected chi connectivity index (χ0v) is 14.9. The first kappa shape index (κ1) is 18.9. The van der Waals surface area contributed by atoms with Crippen molar-refractivity contribution in [2.45, 2.75) is 19.5 Å². The van der Waals surface area contributed by atoms with Gasteiger partial charge in [-0.25, -0.2) is 9.48 Å². The molecule has 0 atom stereocenters. The van der Waals surface area contributed by atoms with Crippen molar-refractivity contribution in [1.82, 2.24) is 15.1 Å². The van der Waals surface area contributed by atoms with Gasteiger partial charge in [-0.15, -0.1) is 0 Å². The fourth-order valence-electron chi connectivity index (χ4n) is 2.75. The Hall–Kier alpha value is -3.88. The number of rotatable bonds is 6. The number of amides is 3. The zero-order chi connectivity index (χ0) is 20.1. The van der Waals surface area contributed by atoms with Gasteiger partial charge in [0.2, 0.25) is 5.91 Å². The lowest BCUT2D eigenvalue weighted by molar-refractivity contribution is -0.121. The molecule has 5 N–H and O–H groups in total. The summed E-state index contributed by atoms with van der Waals surface area (Å²) in [5, 5.41) is 8.32. The number of benzene rings is 2. The van der Waals surface area contributed by atoms with Crippen LogP contribution in [0.3, 0.4) is 0 Å². The van der Waals surface area contributed by atoms with Crippen LogP contribution in [0.1, 0.15) is 12.0 Å². The van der Waals surface area contributed by atoms with Gasteiger partial charge in [-0.05, 0) is 29.8 Å². The Kier molecular flexibility index (Phi) is 5.54. The first-order chi connectivity index (χ1) is 13.4. The van der Waals surface area contributed by atoms with Gasteiger partial charge < -0.3 is 16.4 Å². The largest absolute Gasteiger partial charge is 0.352 e. The van der Waals surface area contributed by atoms with Crippen LogP contribution in [0, 0.1) is 0 Å². The number of hydrogen-bond acceptors (Lipinski definition) is 4. The lowest BCUT2D eigenvalue weighted by atomic mass is 10.2. The van der Waals surface area contributed by atoms with Gasteiger partial charge in [-0.3, -0.25) is 19.5 Å². The third-order valence-corrected chi connectivity index (χ3v) is 4.16. The summed E-state index contributed by atoms with van der Waals surface area (Å²) >= 11 is 0. The maximum atomic E-state index is 12.4. The second-order valence-corrected chi connectivity index (χ2v) is 6.16. The Labute approximate surface area is 159 Å². The first-order valence-corrected chi connectivity index (χ1v) is 8.58. The molecule has 0 fully saturated rings. The smallest absolute Gasteiger partial charge is 0.316 e. The molecule has 9 nitrogen and oxygen atoms in total. The predicted molar refractivity (Wildman–Crippen MR) is 105 cm³/mol. The number of anilines is 1. The number of aryl methyl sites for hydroxylation is 1. The molecule has 0 saturated carbocycles. The number of nitrogens with zero attached hydrogens (tertiary/aromatic N) is 1. The van der Waals surface area contributed by atoms with Crippen molar-refractivity contribution in [3.63, 3.8) is 0 Å². The zero-order valence-electron chi connectivity index (χ0n) is 14.9. The Bertz CT molecular complexity index is 1130. The highest BCUT2D eigenvalue weighted by atomic mass is 16.2. The molecule has 0 aliphatic heterocycles. The Morgan fingerprint density at radius 1 is 1.00 bits per heavy atom. The van der Waals surface area contributed by atoms with Crippen molar-refractivity contribution in [3.05, 3.63) is 74.8 Å². The molecule has 0 radical (unpaired) electrons. The summed E-state index contributed by atoms with van der Waals surface area (Å²) in [6, 6.07) is 12.7. The maximum absolute atomic E-state index is 12.4. The van der Waals surface area contributed by atoms with Crippen LogP contribution in [-0.4, -0.2) is 21.7 Å². The molecular formula is C19H19N5O4. The van der Waals surface area contributed by atoms with Crippen LogP contribution in [0.5, 0.6) is 0 Å². The fourth-order valence-corrected chi connectivity index (χ4v) is 2.75. The minimum atomic E-state index is -0.650. The lowest BCUT2D eigenvalue weighted by Gasteiger charge is -2.09. The number of carbonyl (C=O) groups excluding carboxylic acids is 2. The van der Waals surface area contributed by atoms with E-state index < -0.39 is 6.03 Å². The van der Waals surface area contributed by atoms with Crippen LogP contribution in [0.25, 0.3) is 10.8 Å². The van der Waals surface area contributed by atoms with Crippen LogP contribution in [0.2, 0.25) is 0 Å². The SMILES string of the molecule is NC(=O)Nc1ccc(CNC(=O)CCn2[nH]c(=O)c3ccccc3c2=O)cc1. The molecular weight excluding hydrogens is 362 g/mol. The average Bonchev–Trinajstić information content (AvgIpc) is 2.68. The highest BCUT2D eigenvalue weighted by Crippen LogP contribution is 2.09. The summed E-state index contributed by atoms with van der Waals surface area (Å²) in [4.78, 5) is 47.3. The van der Waals surface area contributed by atoms with Crippen LogP contribution in [0.15, 0.2) is 58.1 Å². The fraction of sp³-hybridized carbons (Fsp3) is 0.158. The minimum Gasteiger partial charge on any atom is -0.352 e. The number of nitrogens with two attached hydrogens (primary N) is 1. The molecule has 28 heavy (non-hydrogen) atoms. The molecule has 3 aromatic rings. The minimum absolute atomic E-state index is 0.0372. The van der Waals surface area contributed by atoms with Gasteiger partial charge in [0.15, 0.2) is 0 Å². The molecule has 9 heteroatoms. The number of urea groups is 1. The van der Waals surface area contributed by atoms with E-state index in [0.717, 1.165) is 10.2 Å². The highest BCUT2D eigenvalue weighted by molar-refractivity contribution is 5.87. The molecule has 0 saturated heterocycles. The summed E-state index contributed by atoms with van der Waals surface area (Å²) in [6.07, 6.45) is 0.0372. The Morgan fingerprint density at radius 2 is 1.68 bits per heavy atom. The third-order valence-electron chi connectivity index (χ3n) is 4.16. The molecule has 0 bridgehead atoms. The molecule has 2 aromatic carbocycles. The second-order valence-electron chi connectivity index (χ2n) is 6.16. The molecule has 0 aliphatic carbocycles. The summed E-state index contributed by atoms with van der Waals surface area (Å²) < 4.78 is 1.15. The van der Waals surface area contributed by atoms with E-state index >= 15 is 0 Å². The topological polar surface area (TPSA) is 139 Å². The van der Waals surface area contributed by atoms with E-state index in [1.807, 2.05) is 0 Å². The number of carbonyl (C=O) groups is 2. The molecule has 0 spiro atoms. The molecule has 3 amide bonds. The molecule has 144 valence electrons. The van der Waals surface area contributed by atoms with E-state index in [9.17, 15) is 19.2 Å². The lowest BCUT2D eigenvalue weighted by Crippen LogP contribution is -2.32. The van der Waals surface area contributed by atoms with Crippen molar-refractivity contribution >= 4 is 28.4 Å². The number of aromatic amines is 1. The summed E-state index contributed by atoms with van der Waals surface area (Å²) in [6.45, 7) is 0.352. The van der Waals surface area contributed by atoms with Crippen molar-refractivity contribution in [2.24, 2.45) is 5.73 Å². The van der Waals surface area contributed by atoms with Crippen LogP contribution >= 0.6 is 0 Å². The van der Waals surface area contributed by atoms with Crippen molar-refractivity contribution in [2.75, 3.05) is 5.32 Å². The van der Waals surface area contributed by atoms with E-state index in [1.165, 1.54) is 0 Å². The number of fused-ring (bicyclic) bond motifs is 1. The summed E-state index contributed by atoms with van der Waals surface area (Å²) in [5.74, 6) is -0.264. The number of hydrogen-bond donors (Lipinski definition) is 4. The first-order valence-electron chi connectivity index (χ1n) is 8.58. The molecule has 0 unspecified atom stereocenters. The van der Waals surface area contributed by atoms with Crippen molar-refractivity contribution in [1.29, 1.82) is 0 Å². The van der Waals surface area contributed by atoms with E-state index in [4.69, 9.17) is 5.73 Å². The van der Waals surface area contributed by atoms with E-state index in [0.29, 0.717) is 23.0 Å². The van der Waals surface area contributed by atoms with Gasteiger partial charge >= 0.3 is 6.03 Å². The van der Waals surface area contributed by atoms with Crippen molar-refractivity contribution in [3.8, 4) is 0 Å². The van der Waals surface area contributed by atoms with Crippen LogP contribution < -0.4 is 27.5 Å². The standard InChI is InChI=1S/C19H19N5O4/c20-19(28)22-13-7-5-12(6-8-13)11-21-16(25)9-10-24-18(27)15-4-2-1-3-14(15)17(26)23-24/h1-8H,9-11H2,(H,21,25)(H,23,26)(H3,20,22,28).